The number of aromatic nitrogens is 1. The molecule has 0 bridgehead atoms. The Morgan fingerprint density at radius 3 is 2.23 bits per heavy atom. The van der Waals surface area contributed by atoms with Crippen LogP contribution in [0.25, 0.3) is 10.9 Å². The van der Waals surface area contributed by atoms with Gasteiger partial charge in [0.25, 0.3) is 0 Å². The molecule has 1 saturated heterocycles. The average molecular weight is 488 g/mol. The summed E-state index contributed by atoms with van der Waals surface area (Å²) in [6.07, 6.45) is 2.40. The number of pyridine rings is 1. The fourth-order valence-electron chi connectivity index (χ4n) is 4.66. The molecule has 4 aromatic rings. The SMILES string of the molecule is CCc1ccc2ncc(S(=O)(=O)c3ccccc3)c(N3CCN(c4ccc(OC)cc4)CC3)c2c1. The number of ether oxygens (including phenoxy) is 1. The van der Waals surface area contributed by atoms with Gasteiger partial charge in [-0.15, -0.1) is 0 Å². The molecule has 2 heterocycles. The Labute approximate surface area is 206 Å². The number of piperazine rings is 1. The van der Waals surface area contributed by atoms with Crippen molar-refractivity contribution in [1.82, 2.24) is 4.98 Å². The maximum absolute atomic E-state index is 13.8. The minimum atomic E-state index is -3.74. The maximum atomic E-state index is 13.8. The van der Waals surface area contributed by atoms with Crippen molar-refractivity contribution in [3.63, 3.8) is 0 Å². The smallest absolute Gasteiger partial charge is 0.210 e. The normalized spacial score (nSPS) is 14.3. The van der Waals surface area contributed by atoms with E-state index in [1.165, 1.54) is 6.20 Å². The van der Waals surface area contributed by atoms with E-state index in [2.05, 4.69) is 46.0 Å². The molecule has 5 rings (SSSR count). The minimum absolute atomic E-state index is 0.266. The van der Waals surface area contributed by atoms with E-state index in [9.17, 15) is 8.42 Å². The summed E-state index contributed by atoms with van der Waals surface area (Å²) < 4.78 is 32.8. The molecule has 3 aromatic carbocycles. The molecule has 0 N–H and O–H groups in total. The van der Waals surface area contributed by atoms with Crippen molar-refractivity contribution >= 4 is 32.1 Å². The summed E-state index contributed by atoms with van der Waals surface area (Å²) >= 11 is 0. The Bertz CT molecular complexity index is 1430. The number of aryl methyl sites for hydroxylation is 1. The van der Waals surface area contributed by atoms with E-state index in [-0.39, 0.29) is 9.79 Å². The van der Waals surface area contributed by atoms with Crippen molar-refractivity contribution in [2.24, 2.45) is 0 Å². The van der Waals surface area contributed by atoms with Crippen LogP contribution in [0.4, 0.5) is 11.4 Å². The second kappa shape index (κ2) is 9.58. The van der Waals surface area contributed by atoms with Crippen LogP contribution < -0.4 is 14.5 Å². The number of benzene rings is 3. The van der Waals surface area contributed by atoms with Crippen molar-refractivity contribution in [2.45, 2.75) is 23.1 Å². The summed E-state index contributed by atoms with van der Waals surface area (Å²) in [7, 11) is -2.07. The molecule has 0 unspecified atom stereocenters. The van der Waals surface area contributed by atoms with Crippen molar-refractivity contribution in [1.29, 1.82) is 0 Å². The zero-order chi connectivity index (χ0) is 24.4. The number of hydrogen-bond acceptors (Lipinski definition) is 6. The molecule has 180 valence electrons. The van der Waals surface area contributed by atoms with Gasteiger partial charge in [0.15, 0.2) is 0 Å². The number of fused-ring (bicyclic) bond motifs is 1. The molecule has 6 nitrogen and oxygen atoms in total. The molecule has 1 fully saturated rings. The third-order valence-corrected chi connectivity index (χ3v) is 8.43. The minimum Gasteiger partial charge on any atom is -0.497 e. The van der Waals surface area contributed by atoms with Crippen LogP contribution in [0.5, 0.6) is 5.75 Å². The number of rotatable bonds is 6. The van der Waals surface area contributed by atoms with Crippen molar-refractivity contribution in [3.05, 3.63) is 84.6 Å². The van der Waals surface area contributed by atoms with Crippen LogP contribution in [0.1, 0.15) is 12.5 Å². The van der Waals surface area contributed by atoms with E-state index in [4.69, 9.17) is 4.74 Å². The summed E-state index contributed by atoms with van der Waals surface area (Å²) in [6, 6.07) is 22.8. The van der Waals surface area contributed by atoms with Gasteiger partial charge in [-0.1, -0.05) is 31.2 Å². The fraction of sp³-hybridized carbons (Fsp3) is 0.250. The number of methoxy groups -OCH3 is 1. The van der Waals surface area contributed by atoms with Gasteiger partial charge in [-0.3, -0.25) is 4.98 Å². The summed E-state index contributed by atoms with van der Waals surface area (Å²) in [6.45, 7) is 5.09. The second-order valence-electron chi connectivity index (χ2n) is 8.66. The average Bonchev–Trinajstić information content (AvgIpc) is 2.92. The highest BCUT2D eigenvalue weighted by molar-refractivity contribution is 7.91. The van der Waals surface area contributed by atoms with Crippen molar-refractivity contribution in [2.75, 3.05) is 43.1 Å². The van der Waals surface area contributed by atoms with Gasteiger partial charge < -0.3 is 14.5 Å². The molecule has 0 atom stereocenters. The molecule has 1 aromatic heterocycles. The molecule has 35 heavy (non-hydrogen) atoms. The molecular formula is C28H29N3O3S. The predicted molar refractivity (Wildman–Crippen MR) is 140 cm³/mol. The standard InChI is InChI=1S/C28H29N3O3S/c1-3-21-9-14-26-25(19-21)28(27(20-29-26)35(32,33)24-7-5-4-6-8-24)31-17-15-30(16-18-31)22-10-12-23(34-2)13-11-22/h4-14,19-20H,3,15-18H2,1-2H3. The molecule has 1 aliphatic rings. The fourth-order valence-corrected chi connectivity index (χ4v) is 6.11. The summed E-state index contributed by atoms with van der Waals surface area (Å²) in [5, 5.41) is 0.888. The largest absolute Gasteiger partial charge is 0.497 e. The molecule has 0 spiro atoms. The number of nitrogens with zero attached hydrogens (tertiary/aromatic N) is 3. The Kier molecular flexibility index (Phi) is 6.34. The lowest BCUT2D eigenvalue weighted by Gasteiger charge is -2.38. The van der Waals surface area contributed by atoms with Gasteiger partial charge in [0.05, 0.1) is 23.2 Å². The van der Waals surface area contributed by atoms with Crippen molar-refractivity contribution in [3.8, 4) is 5.75 Å². The van der Waals surface area contributed by atoms with Crippen LogP contribution >= 0.6 is 0 Å². The van der Waals surface area contributed by atoms with E-state index in [1.807, 2.05) is 24.3 Å². The third kappa shape index (κ3) is 4.44. The lowest BCUT2D eigenvalue weighted by atomic mass is 10.1. The number of sulfone groups is 1. The lowest BCUT2D eigenvalue weighted by Crippen LogP contribution is -2.47. The summed E-state index contributed by atoms with van der Waals surface area (Å²) in [5.74, 6) is 0.832. The van der Waals surface area contributed by atoms with Gasteiger partial charge >= 0.3 is 0 Å². The third-order valence-electron chi connectivity index (χ3n) is 6.66. The van der Waals surface area contributed by atoms with E-state index >= 15 is 0 Å². The van der Waals surface area contributed by atoms with Gasteiger partial charge in [0.2, 0.25) is 9.84 Å². The van der Waals surface area contributed by atoms with Gasteiger partial charge in [-0.25, -0.2) is 8.42 Å². The van der Waals surface area contributed by atoms with Gasteiger partial charge in [0.1, 0.15) is 10.6 Å². The van der Waals surface area contributed by atoms with Crippen LogP contribution in [0.2, 0.25) is 0 Å². The molecule has 7 heteroatoms. The second-order valence-corrected chi connectivity index (χ2v) is 10.6. The summed E-state index contributed by atoms with van der Waals surface area (Å²) in [4.78, 5) is 9.63. The van der Waals surface area contributed by atoms with Crippen LogP contribution in [-0.2, 0) is 16.3 Å². The Morgan fingerprint density at radius 1 is 0.886 bits per heavy atom. The van der Waals surface area contributed by atoms with E-state index in [0.29, 0.717) is 13.1 Å². The Hall–Kier alpha value is -3.58. The molecule has 0 radical (unpaired) electrons. The van der Waals surface area contributed by atoms with Crippen LogP contribution in [0, 0.1) is 0 Å². The van der Waals surface area contributed by atoms with E-state index < -0.39 is 9.84 Å². The predicted octanol–water partition coefficient (Wildman–Crippen LogP) is 4.97. The first kappa shape index (κ1) is 23.2. The Balaban J connectivity index is 1.56. The van der Waals surface area contributed by atoms with E-state index in [1.54, 1.807) is 31.4 Å². The zero-order valence-corrected chi connectivity index (χ0v) is 20.8. The molecule has 0 aliphatic carbocycles. The van der Waals surface area contributed by atoms with Crippen molar-refractivity contribution < 1.29 is 13.2 Å². The Morgan fingerprint density at radius 2 is 1.57 bits per heavy atom. The molecular weight excluding hydrogens is 458 g/mol. The number of hydrogen-bond donors (Lipinski definition) is 0. The monoisotopic (exact) mass is 487 g/mol. The highest BCUT2D eigenvalue weighted by Crippen LogP contribution is 2.37. The van der Waals surface area contributed by atoms with Gasteiger partial charge in [-0.05, 0) is 60.5 Å². The molecule has 0 amide bonds. The lowest BCUT2D eigenvalue weighted by molar-refractivity contribution is 0.415. The van der Waals surface area contributed by atoms with Crippen LogP contribution in [0.3, 0.4) is 0 Å². The molecule has 1 aliphatic heterocycles. The van der Waals surface area contributed by atoms with E-state index in [0.717, 1.165) is 53.1 Å². The zero-order valence-electron chi connectivity index (χ0n) is 20.0. The first-order valence-corrected chi connectivity index (χ1v) is 13.4. The highest BCUT2D eigenvalue weighted by Gasteiger charge is 2.29. The number of anilines is 2. The van der Waals surface area contributed by atoms with Gasteiger partial charge in [-0.2, -0.15) is 0 Å². The maximum Gasteiger partial charge on any atom is 0.210 e. The summed E-state index contributed by atoms with van der Waals surface area (Å²) in [5.41, 5.74) is 3.85. The highest BCUT2D eigenvalue weighted by atomic mass is 32.2. The van der Waals surface area contributed by atoms with Gasteiger partial charge in [0, 0.05) is 43.4 Å². The quantitative estimate of drug-likeness (QED) is 0.383. The first-order valence-electron chi connectivity index (χ1n) is 11.9. The topological polar surface area (TPSA) is 62.7 Å². The molecule has 0 saturated carbocycles. The van der Waals surface area contributed by atoms with Crippen LogP contribution in [0.15, 0.2) is 88.8 Å². The first-order chi connectivity index (χ1) is 17.0. The van der Waals surface area contributed by atoms with Crippen LogP contribution in [-0.4, -0.2) is 46.7 Å².